The van der Waals surface area contributed by atoms with Gasteiger partial charge in [0.05, 0.1) is 23.2 Å². The van der Waals surface area contributed by atoms with Crippen molar-refractivity contribution in [1.82, 2.24) is 5.43 Å². The summed E-state index contributed by atoms with van der Waals surface area (Å²) in [6.45, 7) is -0.199. The molecule has 7 nitrogen and oxygen atoms in total. The summed E-state index contributed by atoms with van der Waals surface area (Å²) in [7, 11) is 0. The quantitative estimate of drug-likeness (QED) is 0.429. The van der Waals surface area contributed by atoms with Crippen molar-refractivity contribution in [2.45, 2.75) is 0 Å². The zero-order valence-electron chi connectivity index (χ0n) is 14.9. The number of hydrogen-bond donors (Lipinski definition) is 2. The van der Waals surface area contributed by atoms with Crippen LogP contribution in [0.3, 0.4) is 0 Å². The Balaban J connectivity index is 1.47. The molecule has 2 amide bonds. The van der Waals surface area contributed by atoms with Gasteiger partial charge in [-0.15, -0.1) is 0 Å². The molecular weight excluding hydrogens is 417 g/mol. The maximum absolute atomic E-state index is 12.0. The van der Waals surface area contributed by atoms with Crippen molar-refractivity contribution in [1.29, 1.82) is 0 Å². The van der Waals surface area contributed by atoms with Gasteiger partial charge in [0, 0.05) is 5.02 Å². The smallest absolute Gasteiger partial charge is 0.307 e. The minimum absolute atomic E-state index is 0.170. The minimum Gasteiger partial charge on any atom is -0.484 e. The van der Waals surface area contributed by atoms with E-state index in [1.165, 1.54) is 18.5 Å². The molecule has 0 atom stereocenters. The SMILES string of the molecule is O=C(COc1ccc(/C=N\NC(=O)c2ccco2)cc1)Nc1cc(Cl)ccc1Cl. The molecule has 0 spiro atoms. The summed E-state index contributed by atoms with van der Waals surface area (Å²) in [5, 5.41) is 7.33. The summed E-state index contributed by atoms with van der Waals surface area (Å²) in [6.07, 6.45) is 2.87. The molecule has 0 fully saturated rings. The molecule has 9 heteroatoms. The van der Waals surface area contributed by atoms with Gasteiger partial charge in [0.25, 0.3) is 5.91 Å². The molecule has 2 N–H and O–H groups in total. The second-order valence-corrected chi connectivity index (χ2v) is 6.55. The van der Waals surface area contributed by atoms with E-state index in [1.54, 1.807) is 48.5 Å². The van der Waals surface area contributed by atoms with Gasteiger partial charge in [-0.25, -0.2) is 5.43 Å². The molecule has 0 aliphatic carbocycles. The van der Waals surface area contributed by atoms with Crippen molar-refractivity contribution in [3.63, 3.8) is 0 Å². The summed E-state index contributed by atoms with van der Waals surface area (Å²) in [5.41, 5.74) is 3.49. The number of ether oxygens (including phenoxy) is 1. The lowest BCUT2D eigenvalue weighted by Crippen LogP contribution is -2.20. The third-order valence-electron chi connectivity index (χ3n) is 3.58. The molecule has 3 rings (SSSR count). The van der Waals surface area contributed by atoms with E-state index in [0.717, 1.165) is 5.56 Å². The highest BCUT2D eigenvalue weighted by molar-refractivity contribution is 6.35. The van der Waals surface area contributed by atoms with Gasteiger partial charge in [0.1, 0.15) is 5.75 Å². The first kappa shape index (κ1) is 20.4. The number of benzene rings is 2. The van der Waals surface area contributed by atoms with E-state index >= 15 is 0 Å². The molecule has 3 aromatic rings. The van der Waals surface area contributed by atoms with Gasteiger partial charge in [-0.2, -0.15) is 5.10 Å². The van der Waals surface area contributed by atoms with E-state index in [0.29, 0.717) is 21.5 Å². The Hall–Kier alpha value is -3.29. The van der Waals surface area contributed by atoms with Gasteiger partial charge in [-0.3, -0.25) is 9.59 Å². The van der Waals surface area contributed by atoms with E-state index in [4.69, 9.17) is 32.4 Å². The number of hydrazone groups is 1. The van der Waals surface area contributed by atoms with Gasteiger partial charge < -0.3 is 14.5 Å². The molecule has 29 heavy (non-hydrogen) atoms. The molecule has 148 valence electrons. The first-order chi connectivity index (χ1) is 14.0. The van der Waals surface area contributed by atoms with E-state index in [-0.39, 0.29) is 18.3 Å². The summed E-state index contributed by atoms with van der Waals surface area (Å²) in [4.78, 5) is 23.7. The van der Waals surface area contributed by atoms with Crippen LogP contribution in [0.15, 0.2) is 70.4 Å². The van der Waals surface area contributed by atoms with Gasteiger partial charge in [-0.05, 0) is 60.2 Å². The second kappa shape index (κ2) is 9.77. The number of anilines is 1. The molecular formula is C20H15Cl2N3O4. The number of nitrogens with zero attached hydrogens (tertiary/aromatic N) is 1. The highest BCUT2D eigenvalue weighted by Gasteiger charge is 2.08. The Bertz CT molecular complexity index is 1020. The molecule has 0 saturated heterocycles. The Morgan fingerprint density at radius 3 is 2.62 bits per heavy atom. The number of hydrogen-bond acceptors (Lipinski definition) is 5. The van der Waals surface area contributed by atoms with E-state index in [2.05, 4.69) is 15.8 Å². The maximum atomic E-state index is 12.0. The van der Waals surface area contributed by atoms with Crippen molar-refractivity contribution in [2.24, 2.45) is 5.10 Å². The Morgan fingerprint density at radius 2 is 1.90 bits per heavy atom. The van der Waals surface area contributed by atoms with Gasteiger partial charge in [-0.1, -0.05) is 23.2 Å². The third-order valence-corrected chi connectivity index (χ3v) is 4.14. The third kappa shape index (κ3) is 6.10. The number of carbonyl (C=O) groups is 2. The zero-order chi connectivity index (χ0) is 20.6. The van der Waals surface area contributed by atoms with Gasteiger partial charge in [0.2, 0.25) is 0 Å². The molecule has 0 radical (unpaired) electrons. The number of halogens is 2. The maximum Gasteiger partial charge on any atom is 0.307 e. The monoisotopic (exact) mass is 431 g/mol. The molecule has 0 aliphatic heterocycles. The van der Waals surface area contributed by atoms with Crippen molar-refractivity contribution in [2.75, 3.05) is 11.9 Å². The molecule has 0 saturated carbocycles. The van der Waals surface area contributed by atoms with E-state index in [1.807, 2.05) is 0 Å². The summed E-state index contributed by atoms with van der Waals surface area (Å²) in [6, 6.07) is 14.7. The highest BCUT2D eigenvalue weighted by Crippen LogP contribution is 2.25. The van der Waals surface area contributed by atoms with Crippen LogP contribution in [0.25, 0.3) is 0 Å². The normalized spacial score (nSPS) is 10.7. The first-order valence-electron chi connectivity index (χ1n) is 8.36. The van der Waals surface area contributed by atoms with Crippen LogP contribution in [0.2, 0.25) is 10.0 Å². The predicted molar refractivity (Wildman–Crippen MR) is 111 cm³/mol. The second-order valence-electron chi connectivity index (χ2n) is 5.71. The number of nitrogens with one attached hydrogen (secondary N) is 2. The molecule has 1 aromatic heterocycles. The fraction of sp³-hybridized carbons (Fsp3) is 0.0500. The topological polar surface area (TPSA) is 92.9 Å². The lowest BCUT2D eigenvalue weighted by atomic mass is 10.2. The van der Waals surface area contributed by atoms with Gasteiger partial charge in [0.15, 0.2) is 12.4 Å². The fourth-order valence-electron chi connectivity index (χ4n) is 2.21. The highest BCUT2D eigenvalue weighted by atomic mass is 35.5. The molecule has 0 unspecified atom stereocenters. The Labute approximate surface area is 176 Å². The Kier molecular flexibility index (Phi) is 6.89. The number of carbonyl (C=O) groups excluding carboxylic acids is 2. The van der Waals surface area contributed by atoms with E-state index in [9.17, 15) is 9.59 Å². The van der Waals surface area contributed by atoms with Crippen LogP contribution in [-0.2, 0) is 4.79 Å². The summed E-state index contributed by atoms with van der Waals surface area (Å²) >= 11 is 11.9. The lowest BCUT2D eigenvalue weighted by Gasteiger charge is -2.09. The minimum atomic E-state index is -0.447. The largest absolute Gasteiger partial charge is 0.484 e. The van der Waals surface area contributed by atoms with Crippen LogP contribution < -0.4 is 15.5 Å². The van der Waals surface area contributed by atoms with Crippen molar-refractivity contribution >= 4 is 46.9 Å². The average molecular weight is 432 g/mol. The van der Waals surface area contributed by atoms with Crippen LogP contribution in [-0.4, -0.2) is 24.6 Å². The van der Waals surface area contributed by atoms with E-state index < -0.39 is 5.91 Å². The van der Waals surface area contributed by atoms with Crippen LogP contribution in [0.1, 0.15) is 16.1 Å². The van der Waals surface area contributed by atoms with Crippen LogP contribution in [0, 0.1) is 0 Å². The average Bonchev–Trinajstić information content (AvgIpc) is 3.25. The van der Waals surface area contributed by atoms with Crippen LogP contribution >= 0.6 is 23.2 Å². The Morgan fingerprint density at radius 1 is 1.10 bits per heavy atom. The summed E-state index contributed by atoms with van der Waals surface area (Å²) in [5.74, 6) is -0.158. The van der Waals surface area contributed by atoms with Gasteiger partial charge >= 0.3 is 5.91 Å². The van der Waals surface area contributed by atoms with Crippen molar-refractivity contribution < 1.29 is 18.7 Å². The van der Waals surface area contributed by atoms with Crippen LogP contribution in [0.4, 0.5) is 5.69 Å². The number of rotatable bonds is 7. The number of amides is 2. The van der Waals surface area contributed by atoms with Crippen molar-refractivity contribution in [3.8, 4) is 5.75 Å². The fourth-order valence-corrected chi connectivity index (χ4v) is 2.54. The summed E-state index contributed by atoms with van der Waals surface area (Å²) < 4.78 is 10.4. The number of furan rings is 1. The molecule has 1 heterocycles. The lowest BCUT2D eigenvalue weighted by molar-refractivity contribution is -0.118. The predicted octanol–water partition coefficient (Wildman–Crippen LogP) is 4.37. The molecule has 2 aromatic carbocycles. The molecule has 0 aliphatic rings. The first-order valence-corrected chi connectivity index (χ1v) is 9.11. The standard InChI is InChI=1S/C20H15Cl2N3O4/c21-14-5-8-16(22)17(10-14)24-19(26)12-29-15-6-3-13(4-7-15)11-23-25-20(27)18-2-1-9-28-18/h1-11H,12H2,(H,24,26)(H,25,27)/b23-11-. The zero-order valence-corrected chi connectivity index (χ0v) is 16.4. The van der Waals surface area contributed by atoms with Crippen LogP contribution in [0.5, 0.6) is 5.75 Å². The molecule has 0 bridgehead atoms. The van der Waals surface area contributed by atoms with Crippen molar-refractivity contribution in [3.05, 3.63) is 82.2 Å².